The van der Waals surface area contributed by atoms with Gasteiger partial charge in [-0.25, -0.2) is 9.37 Å². The molecular formula is C19H27FN6. The Hall–Kier alpha value is -2.41. The smallest absolute Gasteiger partial charge is 0.191 e. The summed E-state index contributed by atoms with van der Waals surface area (Å²) in [6.07, 6.45) is 8.90. The molecule has 1 saturated heterocycles. The molecule has 0 saturated carbocycles. The van der Waals surface area contributed by atoms with Gasteiger partial charge in [-0.1, -0.05) is 12.5 Å². The summed E-state index contributed by atoms with van der Waals surface area (Å²) < 4.78 is 16.0. The number of likely N-dealkylation sites (tertiary alicyclic amines) is 1. The van der Waals surface area contributed by atoms with Gasteiger partial charge >= 0.3 is 0 Å². The minimum Gasteiger partial charge on any atom is -0.355 e. The van der Waals surface area contributed by atoms with Crippen molar-refractivity contribution in [3.63, 3.8) is 0 Å². The number of imidazole rings is 1. The van der Waals surface area contributed by atoms with Gasteiger partial charge in [0.25, 0.3) is 0 Å². The van der Waals surface area contributed by atoms with Crippen molar-refractivity contribution in [2.24, 2.45) is 4.99 Å². The van der Waals surface area contributed by atoms with Crippen LogP contribution in [0.25, 0.3) is 5.69 Å². The van der Waals surface area contributed by atoms with Crippen LogP contribution in [0.4, 0.5) is 4.39 Å². The van der Waals surface area contributed by atoms with Gasteiger partial charge in [0.05, 0.1) is 12.0 Å². The molecule has 0 radical (unpaired) electrons. The van der Waals surface area contributed by atoms with Crippen LogP contribution in [0, 0.1) is 5.82 Å². The molecule has 1 aliphatic heterocycles. The van der Waals surface area contributed by atoms with Crippen molar-refractivity contribution >= 4 is 5.96 Å². The van der Waals surface area contributed by atoms with Crippen molar-refractivity contribution in [2.75, 3.05) is 33.2 Å². The maximum absolute atomic E-state index is 14.3. The third-order valence-electron chi connectivity index (χ3n) is 4.65. The number of guanidine groups is 1. The number of piperidine rings is 1. The van der Waals surface area contributed by atoms with Gasteiger partial charge in [-0.15, -0.1) is 0 Å². The number of rotatable bonds is 6. The van der Waals surface area contributed by atoms with Crippen LogP contribution in [-0.2, 0) is 6.54 Å². The van der Waals surface area contributed by atoms with Crippen LogP contribution in [0.15, 0.2) is 41.9 Å². The van der Waals surface area contributed by atoms with E-state index < -0.39 is 0 Å². The summed E-state index contributed by atoms with van der Waals surface area (Å²) in [5, 5.41) is 6.57. The molecule has 3 rings (SSSR count). The van der Waals surface area contributed by atoms with E-state index in [-0.39, 0.29) is 5.82 Å². The molecule has 2 aromatic rings. The first-order valence-electron chi connectivity index (χ1n) is 9.20. The lowest BCUT2D eigenvalue weighted by molar-refractivity contribution is 0.232. The van der Waals surface area contributed by atoms with Crippen LogP contribution < -0.4 is 10.6 Å². The minimum atomic E-state index is -0.268. The van der Waals surface area contributed by atoms with E-state index in [4.69, 9.17) is 0 Å². The number of hydrogen-bond acceptors (Lipinski definition) is 3. The van der Waals surface area contributed by atoms with Crippen molar-refractivity contribution in [2.45, 2.75) is 25.8 Å². The molecular weight excluding hydrogens is 331 g/mol. The van der Waals surface area contributed by atoms with E-state index in [2.05, 4.69) is 25.5 Å². The first kappa shape index (κ1) is 18.4. The van der Waals surface area contributed by atoms with Gasteiger partial charge in [-0.05, 0) is 43.6 Å². The highest BCUT2D eigenvalue weighted by atomic mass is 19.1. The molecule has 1 fully saturated rings. The van der Waals surface area contributed by atoms with Gasteiger partial charge in [0.15, 0.2) is 5.96 Å². The minimum absolute atomic E-state index is 0.268. The Morgan fingerprint density at radius 3 is 2.77 bits per heavy atom. The van der Waals surface area contributed by atoms with Gasteiger partial charge in [-0.3, -0.25) is 4.99 Å². The zero-order valence-corrected chi connectivity index (χ0v) is 15.3. The summed E-state index contributed by atoms with van der Waals surface area (Å²) >= 11 is 0. The van der Waals surface area contributed by atoms with Crippen LogP contribution in [-0.4, -0.2) is 53.6 Å². The molecule has 0 amide bonds. The molecule has 0 aliphatic carbocycles. The summed E-state index contributed by atoms with van der Waals surface area (Å²) in [6.45, 7) is 4.78. The van der Waals surface area contributed by atoms with Gasteiger partial charge in [0.1, 0.15) is 5.82 Å². The van der Waals surface area contributed by atoms with Crippen LogP contribution in [0.1, 0.15) is 24.8 Å². The van der Waals surface area contributed by atoms with Crippen molar-refractivity contribution in [3.05, 3.63) is 48.3 Å². The number of hydrogen-bond donors (Lipinski definition) is 2. The second kappa shape index (κ2) is 9.33. The van der Waals surface area contributed by atoms with E-state index in [1.807, 2.05) is 6.07 Å². The maximum Gasteiger partial charge on any atom is 0.191 e. The highest BCUT2D eigenvalue weighted by Gasteiger charge is 2.10. The van der Waals surface area contributed by atoms with E-state index >= 15 is 0 Å². The van der Waals surface area contributed by atoms with Gasteiger partial charge in [0.2, 0.25) is 0 Å². The Morgan fingerprint density at radius 2 is 2.08 bits per heavy atom. The normalized spacial score (nSPS) is 15.8. The second-order valence-corrected chi connectivity index (χ2v) is 6.51. The summed E-state index contributed by atoms with van der Waals surface area (Å²) in [6, 6.07) is 5.22. The molecule has 140 valence electrons. The van der Waals surface area contributed by atoms with Crippen molar-refractivity contribution in [3.8, 4) is 5.69 Å². The molecule has 7 heteroatoms. The molecule has 0 bridgehead atoms. The van der Waals surface area contributed by atoms with Crippen molar-refractivity contribution in [1.82, 2.24) is 25.1 Å². The maximum atomic E-state index is 14.3. The summed E-state index contributed by atoms with van der Waals surface area (Å²) in [5.41, 5.74) is 1.36. The average Bonchev–Trinajstić information content (AvgIpc) is 3.20. The van der Waals surface area contributed by atoms with Gasteiger partial charge < -0.3 is 20.1 Å². The van der Waals surface area contributed by atoms with Crippen molar-refractivity contribution in [1.29, 1.82) is 0 Å². The highest BCUT2D eigenvalue weighted by molar-refractivity contribution is 5.79. The number of benzene rings is 1. The third kappa shape index (κ3) is 5.05. The summed E-state index contributed by atoms with van der Waals surface area (Å²) in [5.74, 6) is 0.469. The van der Waals surface area contributed by atoms with E-state index in [1.165, 1.54) is 32.4 Å². The summed E-state index contributed by atoms with van der Waals surface area (Å²) in [4.78, 5) is 10.7. The van der Waals surface area contributed by atoms with Crippen molar-refractivity contribution < 1.29 is 4.39 Å². The Morgan fingerprint density at radius 1 is 1.23 bits per heavy atom. The fourth-order valence-electron chi connectivity index (χ4n) is 3.19. The molecule has 6 nitrogen and oxygen atoms in total. The number of aromatic nitrogens is 2. The molecule has 1 aromatic carbocycles. The van der Waals surface area contributed by atoms with E-state index in [0.717, 1.165) is 24.6 Å². The fraction of sp³-hybridized carbons (Fsp3) is 0.474. The Kier molecular flexibility index (Phi) is 6.60. The van der Waals surface area contributed by atoms with Crippen LogP contribution >= 0.6 is 0 Å². The monoisotopic (exact) mass is 358 g/mol. The summed E-state index contributed by atoms with van der Waals surface area (Å²) in [7, 11) is 1.75. The standard InChI is InChI=1S/C19H27FN6/c1-21-19(23-8-11-25-9-3-2-4-10-25)24-14-16-5-6-18(17(20)13-16)26-12-7-22-15-26/h5-7,12-13,15H,2-4,8-11,14H2,1H3,(H2,21,23,24). The second-order valence-electron chi connectivity index (χ2n) is 6.51. The van der Waals surface area contributed by atoms with E-state index in [9.17, 15) is 4.39 Å². The third-order valence-corrected chi connectivity index (χ3v) is 4.65. The van der Waals surface area contributed by atoms with Crippen LogP contribution in [0.2, 0.25) is 0 Å². The lowest BCUT2D eigenvalue weighted by atomic mass is 10.1. The fourth-order valence-corrected chi connectivity index (χ4v) is 3.19. The highest BCUT2D eigenvalue weighted by Crippen LogP contribution is 2.14. The largest absolute Gasteiger partial charge is 0.355 e. The molecule has 0 unspecified atom stereocenters. The number of aliphatic imine (C=N–C) groups is 1. The predicted octanol–water partition coefficient (Wildman–Crippen LogP) is 2.16. The van der Waals surface area contributed by atoms with Gasteiger partial charge in [-0.2, -0.15) is 0 Å². The Balaban J connectivity index is 1.46. The lowest BCUT2D eigenvalue weighted by Crippen LogP contribution is -2.42. The van der Waals surface area contributed by atoms with E-state index in [1.54, 1.807) is 42.5 Å². The topological polar surface area (TPSA) is 57.5 Å². The quantitative estimate of drug-likeness (QED) is 0.614. The first-order valence-corrected chi connectivity index (χ1v) is 9.20. The number of nitrogens with zero attached hydrogens (tertiary/aromatic N) is 4. The average molecular weight is 358 g/mol. The van der Waals surface area contributed by atoms with E-state index in [0.29, 0.717) is 12.2 Å². The zero-order chi connectivity index (χ0) is 18.2. The zero-order valence-electron chi connectivity index (χ0n) is 15.3. The number of halogens is 1. The predicted molar refractivity (Wildman–Crippen MR) is 102 cm³/mol. The lowest BCUT2D eigenvalue weighted by Gasteiger charge is -2.26. The Labute approximate surface area is 154 Å². The number of nitrogens with one attached hydrogen (secondary N) is 2. The van der Waals surface area contributed by atoms with Crippen LogP contribution in [0.3, 0.4) is 0 Å². The first-order chi connectivity index (χ1) is 12.8. The Bertz CT molecular complexity index is 707. The van der Waals surface area contributed by atoms with Gasteiger partial charge in [0, 0.05) is 39.1 Å². The molecule has 0 atom stereocenters. The molecule has 2 heterocycles. The molecule has 1 aliphatic rings. The molecule has 1 aromatic heterocycles. The molecule has 2 N–H and O–H groups in total. The molecule has 26 heavy (non-hydrogen) atoms. The van der Waals surface area contributed by atoms with Crippen LogP contribution in [0.5, 0.6) is 0 Å². The molecule has 0 spiro atoms. The SMILES string of the molecule is CN=C(NCCN1CCCCC1)NCc1ccc(-n2ccnc2)c(F)c1.